The molecule has 2 aromatic carbocycles. The van der Waals surface area contributed by atoms with Crippen LogP contribution in [0.25, 0.3) is 10.4 Å². The van der Waals surface area contributed by atoms with E-state index >= 15 is 4.39 Å². The van der Waals surface area contributed by atoms with E-state index in [0.717, 1.165) is 39.1 Å². The number of aromatic nitrogens is 1. The van der Waals surface area contributed by atoms with Crippen LogP contribution in [0, 0.1) is 23.6 Å². The summed E-state index contributed by atoms with van der Waals surface area (Å²) < 4.78 is 60.5. The van der Waals surface area contributed by atoms with E-state index in [1.54, 1.807) is 44.7 Å². The van der Waals surface area contributed by atoms with Gasteiger partial charge in [0, 0.05) is 58.2 Å². The number of carbonyl (C=O) groups excluding carboxylic acids is 7. The summed E-state index contributed by atoms with van der Waals surface area (Å²) in [6.45, 7) is 13.1. The molecule has 3 aliphatic rings. The number of amides is 7. The molecule has 0 spiro atoms. The molecule has 0 saturated carbocycles. The minimum atomic E-state index is -1.17. The van der Waals surface area contributed by atoms with Crippen LogP contribution in [0.15, 0.2) is 41.9 Å². The number of imide groups is 2. The van der Waals surface area contributed by atoms with Gasteiger partial charge in [0.25, 0.3) is 11.8 Å². The lowest BCUT2D eigenvalue weighted by atomic mass is 9.85. The quantitative estimate of drug-likeness (QED) is 0.0418. The number of nitrogens with zero attached hydrogens (tertiary/aromatic N) is 3. The molecule has 2 fully saturated rings. The molecular weight excluding hydrogens is 1080 g/mol. The van der Waals surface area contributed by atoms with Gasteiger partial charge in [-0.1, -0.05) is 52.0 Å². The first-order chi connectivity index (χ1) is 38.8. The number of halogens is 1. The van der Waals surface area contributed by atoms with Crippen molar-refractivity contribution in [1.29, 1.82) is 0 Å². The molecule has 0 aliphatic carbocycles. The molecule has 3 aromatic rings. The Hall–Kier alpha value is -5.87. The summed E-state index contributed by atoms with van der Waals surface area (Å²) in [5.74, 6) is -5.04. The predicted octanol–water partition coefficient (Wildman–Crippen LogP) is 3.04. The Morgan fingerprint density at radius 1 is 0.827 bits per heavy atom. The van der Waals surface area contributed by atoms with Gasteiger partial charge in [-0.05, 0) is 48.4 Å². The van der Waals surface area contributed by atoms with Crippen LogP contribution < -0.4 is 21.3 Å². The Bertz CT molecular complexity index is 2600. The number of piperidine rings is 1. The third-order valence-electron chi connectivity index (χ3n) is 13.5. The number of likely N-dealkylation sites (tertiary alicyclic amines) is 1. The zero-order valence-electron chi connectivity index (χ0n) is 47.1. The van der Waals surface area contributed by atoms with E-state index in [9.17, 15) is 38.7 Å². The number of thiazole rings is 1. The van der Waals surface area contributed by atoms with Crippen molar-refractivity contribution < 1.29 is 81.0 Å². The first-order valence-electron chi connectivity index (χ1n) is 27.2. The number of β-amino-alcohol motifs (C(OH)–C–C–N with tert-alkyl or cyclic N) is 1. The largest absolute Gasteiger partial charge is 0.391 e. The lowest BCUT2D eigenvalue weighted by molar-refractivity contribution is -0.145. The lowest BCUT2D eigenvalue weighted by Gasteiger charge is -2.35. The number of anilines is 1. The number of rotatable bonds is 35. The van der Waals surface area contributed by atoms with Crippen LogP contribution in [0.2, 0.25) is 0 Å². The second-order valence-electron chi connectivity index (χ2n) is 21.4. The van der Waals surface area contributed by atoms with Crippen molar-refractivity contribution in [2.75, 3.05) is 125 Å². The molecule has 25 heteroatoms. The van der Waals surface area contributed by atoms with Gasteiger partial charge in [0.1, 0.15) is 30.5 Å². The summed E-state index contributed by atoms with van der Waals surface area (Å²) in [7, 11) is 1.64. The van der Waals surface area contributed by atoms with Crippen molar-refractivity contribution in [1.82, 2.24) is 30.7 Å². The molecule has 5 atom stereocenters. The third-order valence-corrected chi connectivity index (χ3v) is 14.5. The molecule has 4 heterocycles. The van der Waals surface area contributed by atoms with Gasteiger partial charge in [-0.25, -0.2) is 9.37 Å². The van der Waals surface area contributed by atoms with Crippen LogP contribution in [0.3, 0.4) is 0 Å². The van der Waals surface area contributed by atoms with Gasteiger partial charge < -0.3 is 63.9 Å². The molecule has 3 aliphatic heterocycles. The fourth-order valence-corrected chi connectivity index (χ4v) is 10.0. The zero-order valence-corrected chi connectivity index (χ0v) is 47.9. The predicted molar refractivity (Wildman–Crippen MR) is 294 cm³/mol. The number of carbonyl (C=O) groups is 7. The van der Waals surface area contributed by atoms with Gasteiger partial charge in [0.15, 0.2) is 0 Å². The van der Waals surface area contributed by atoms with Gasteiger partial charge >= 0.3 is 0 Å². The number of benzene rings is 2. The van der Waals surface area contributed by atoms with Crippen LogP contribution in [0.4, 0.5) is 10.1 Å². The molecule has 6 rings (SSSR count). The number of aryl methyl sites for hydroxylation is 1. The zero-order chi connectivity index (χ0) is 58.5. The topological polar surface area (TPSA) is 281 Å². The van der Waals surface area contributed by atoms with E-state index in [4.69, 9.17) is 37.9 Å². The van der Waals surface area contributed by atoms with Crippen LogP contribution in [-0.4, -0.2) is 205 Å². The minimum Gasteiger partial charge on any atom is -0.391 e. The van der Waals surface area contributed by atoms with Gasteiger partial charge in [0.05, 0.1) is 118 Å². The number of ether oxygens (including phenoxy) is 8. The van der Waals surface area contributed by atoms with Crippen molar-refractivity contribution >= 4 is 58.4 Å². The Morgan fingerprint density at radius 3 is 2.04 bits per heavy atom. The Kier molecular flexibility index (Phi) is 25.0. The molecular formula is C56H78FN7O16S. The molecule has 81 heavy (non-hydrogen) atoms. The van der Waals surface area contributed by atoms with Crippen molar-refractivity contribution in [3.8, 4) is 10.4 Å². The van der Waals surface area contributed by atoms with E-state index in [-0.39, 0.29) is 115 Å². The number of aliphatic hydroxyl groups is 1. The van der Waals surface area contributed by atoms with E-state index in [1.807, 2.05) is 38.1 Å². The highest BCUT2D eigenvalue weighted by atomic mass is 32.1. The van der Waals surface area contributed by atoms with Crippen molar-refractivity contribution in [3.63, 3.8) is 0 Å². The molecule has 0 radical (unpaired) electrons. The maximum atomic E-state index is 15.0. The normalized spacial score (nSPS) is 18.4. The summed E-state index contributed by atoms with van der Waals surface area (Å²) in [5, 5.41) is 21.4. The second-order valence-corrected chi connectivity index (χ2v) is 22.3. The van der Waals surface area contributed by atoms with Gasteiger partial charge in [0.2, 0.25) is 29.5 Å². The summed E-state index contributed by atoms with van der Waals surface area (Å²) in [6, 6.07) is 6.80. The smallest absolute Gasteiger partial charge is 0.262 e. The Labute approximate surface area is 475 Å². The van der Waals surface area contributed by atoms with Crippen molar-refractivity contribution in [3.05, 3.63) is 70.1 Å². The number of hydrogen-bond donors (Lipinski definition) is 5. The van der Waals surface area contributed by atoms with Gasteiger partial charge in [-0.2, -0.15) is 0 Å². The average molecular weight is 1160 g/mol. The lowest BCUT2D eigenvalue weighted by Crippen LogP contribution is -2.58. The average Bonchev–Trinajstić information content (AvgIpc) is 4.34. The summed E-state index contributed by atoms with van der Waals surface area (Å²) in [6.07, 6.45) is -0.147. The summed E-state index contributed by atoms with van der Waals surface area (Å²) in [4.78, 5) is 99.0. The molecule has 2 saturated heterocycles. The highest BCUT2D eigenvalue weighted by molar-refractivity contribution is 7.13. The number of aliphatic hydroxyl groups excluding tert-OH is 1. The maximum Gasteiger partial charge on any atom is 0.262 e. The van der Waals surface area contributed by atoms with Crippen LogP contribution in [-0.2, 0) is 68.4 Å². The van der Waals surface area contributed by atoms with Crippen LogP contribution in [0.5, 0.6) is 0 Å². The molecule has 0 bridgehead atoms. The maximum absolute atomic E-state index is 15.0. The van der Waals surface area contributed by atoms with E-state index in [1.165, 1.54) is 11.0 Å². The van der Waals surface area contributed by atoms with E-state index in [2.05, 4.69) is 26.3 Å². The van der Waals surface area contributed by atoms with E-state index < -0.39 is 88.8 Å². The second kappa shape index (κ2) is 31.5. The summed E-state index contributed by atoms with van der Waals surface area (Å²) >= 11 is 1.55. The fourth-order valence-electron chi connectivity index (χ4n) is 9.20. The molecule has 23 nitrogen and oxygen atoms in total. The molecule has 446 valence electrons. The molecule has 2 unspecified atom stereocenters. The third kappa shape index (κ3) is 19.1. The minimum absolute atomic E-state index is 0.0167. The Morgan fingerprint density at radius 2 is 1.43 bits per heavy atom. The molecule has 5 N–H and O–H groups in total. The van der Waals surface area contributed by atoms with Crippen molar-refractivity contribution in [2.45, 2.75) is 91.1 Å². The van der Waals surface area contributed by atoms with Crippen LogP contribution >= 0.6 is 11.3 Å². The highest BCUT2D eigenvalue weighted by Gasteiger charge is 2.46. The highest BCUT2D eigenvalue weighted by Crippen LogP contribution is 2.32. The standard InChI is InChI=1S/C56H78FN7O16S/c1-36-48(81-35-60-36)38-10-8-37(9-11-38)29-59-50(68)45-26-39(65)30-63(45)54(72)49(55(2,3)4)61-47(67)31-80-34-56(5,32-78-24-22-76-20-18-74-16-7-15-73-6)33-79-25-23-77-21-19-75-17-14-58-43-28-41-40(27-42(43)57)52(70)64(53(41)71)44-12-13-46(66)62-51(44)69/h8-11,27-28,35,39,44-45,49,58,65H,7,12-26,29-34H2,1-6H3,(H,59,68)(H,61,67)(H,62,66,69)/t39-,44?,45+,49-,56?/m1/s1. The first kappa shape index (κ1) is 64.3. The molecule has 7 amide bonds. The van der Waals surface area contributed by atoms with E-state index in [0.29, 0.717) is 33.0 Å². The fraction of sp³-hybridized carbons (Fsp3) is 0.607. The van der Waals surface area contributed by atoms with Crippen molar-refractivity contribution in [2.24, 2.45) is 10.8 Å². The SMILES string of the molecule is COCCCOCCOCCOCC(C)(COCCOCCOCCNc1cc2c(cc1F)C(=O)N(C1CCC(=O)NC1=O)C2=O)COCC(=O)N[C@H](C(=O)N1C[C@H](O)C[C@H]1C(=O)NCc1ccc(-c2scnc2C)cc1)C(C)(C)C. The number of methoxy groups -OCH3 is 1. The monoisotopic (exact) mass is 1160 g/mol. The Balaban J connectivity index is 0.918. The number of fused-ring (bicyclic) bond motifs is 1. The molecule has 1 aromatic heterocycles. The van der Waals surface area contributed by atoms with Gasteiger partial charge in [-0.3, -0.25) is 43.8 Å². The van der Waals surface area contributed by atoms with Gasteiger partial charge in [-0.15, -0.1) is 11.3 Å². The first-order valence-corrected chi connectivity index (χ1v) is 28.1. The van der Waals surface area contributed by atoms with Crippen LogP contribution in [0.1, 0.15) is 85.4 Å². The summed E-state index contributed by atoms with van der Waals surface area (Å²) in [5.41, 5.74) is 2.84. The number of hydrogen-bond acceptors (Lipinski definition) is 19. The number of nitrogens with one attached hydrogen (secondary N) is 4.